The van der Waals surface area contributed by atoms with Gasteiger partial charge in [0.1, 0.15) is 0 Å². The average Bonchev–Trinajstić information content (AvgIpc) is 1.65. The second-order valence-electron chi connectivity index (χ2n) is 3.43. The zero-order valence-corrected chi connectivity index (χ0v) is 6.64. The first-order valence-electron chi connectivity index (χ1n) is 3.30. The zero-order chi connectivity index (χ0) is 7.49. The SMILES string of the molecule is CC(C)C(C)(C)CN=O. The molecule has 0 fully saturated rings. The van der Waals surface area contributed by atoms with Crippen molar-refractivity contribution in [2.75, 3.05) is 6.54 Å². The number of nitroso groups, excluding NO2 is 1. The van der Waals surface area contributed by atoms with Gasteiger partial charge in [0.25, 0.3) is 0 Å². The van der Waals surface area contributed by atoms with E-state index in [2.05, 4.69) is 32.9 Å². The molecule has 0 saturated carbocycles. The van der Waals surface area contributed by atoms with Crippen LogP contribution in [0.3, 0.4) is 0 Å². The van der Waals surface area contributed by atoms with Crippen molar-refractivity contribution in [3.63, 3.8) is 0 Å². The van der Waals surface area contributed by atoms with Gasteiger partial charge in [0, 0.05) is 0 Å². The molecule has 54 valence electrons. The Morgan fingerprint density at radius 2 is 1.89 bits per heavy atom. The van der Waals surface area contributed by atoms with E-state index in [1.165, 1.54) is 0 Å². The van der Waals surface area contributed by atoms with E-state index >= 15 is 0 Å². The van der Waals surface area contributed by atoms with Crippen LogP contribution in [0.1, 0.15) is 27.7 Å². The second-order valence-corrected chi connectivity index (χ2v) is 3.43. The summed E-state index contributed by atoms with van der Waals surface area (Å²) in [4.78, 5) is 9.87. The van der Waals surface area contributed by atoms with Gasteiger partial charge in [-0.15, -0.1) is 0 Å². The fourth-order valence-electron chi connectivity index (χ4n) is 0.349. The van der Waals surface area contributed by atoms with Gasteiger partial charge in [-0.1, -0.05) is 32.9 Å². The molecule has 0 spiro atoms. The van der Waals surface area contributed by atoms with Gasteiger partial charge in [-0.25, -0.2) is 0 Å². The van der Waals surface area contributed by atoms with Gasteiger partial charge in [-0.05, 0) is 11.3 Å². The van der Waals surface area contributed by atoms with E-state index in [-0.39, 0.29) is 5.41 Å². The third-order valence-corrected chi connectivity index (χ3v) is 2.04. The lowest BCUT2D eigenvalue weighted by atomic mass is 9.81. The third kappa shape index (κ3) is 2.59. The molecule has 0 aromatic heterocycles. The Morgan fingerprint density at radius 1 is 1.44 bits per heavy atom. The smallest absolute Gasteiger partial charge is 0.0864 e. The highest BCUT2D eigenvalue weighted by Gasteiger charge is 2.21. The summed E-state index contributed by atoms with van der Waals surface area (Å²) in [5, 5.41) is 2.88. The van der Waals surface area contributed by atoms with Crippen LogP contribution in [0.2, 0.25) is 0 Å². The van der Waals surface area contributed by atoms with Gasteiger partial charge in [0.2, 0.25) is 0 Å². The van der Waals surface area contributed by atoms with Crippen molar-refractivity contribution in [3.8, 4) is 0 Å². The molecular weight excluding hydrogens is 114 g/mol. The van der Waals surface area contributed by atoms with Crippen molar-refractivity contribution >= 4 is 0 Å². The van der Waals surface area contributed by atoms with Crippen LogP contribution in [0, 0.1) is 16.2 Å². The van der Waals surface area contributed by atoms with Crippen LogP contribution in [0.4, 0.5) is 0 Å². The molecule has 0 aliphatic heterocycles. The first-order valence-corrected chi connectivity index (χ1v) is 3.30. The molecule has 0 unspecified atom stereocenters. The lowest BCUT2D eigenvalue weighted by Crippen LogP contribution is -2.22. The molecule has 2 heteroatoms. The predicted octanol–water partition coefficient (Wildman–Crippen LogP) is 2.44. The summed E-state index contributed by atoms with van der Waals surface area (Å²) in [6.07, 6.45) is 0. The summed E-state index contributed by atoms with van der Waals surface area (Å²) in [5.74, 6) is 0.523. The summed E-state index contributed by atoms with van der Waals surface area (Å²) in [6.45, 7) is 8.74. The summed E-state index contributed by atoms with van der Waals surface area (Å²) >= 11 is 0. The van der Waals surface area contributed by atoms with Crippen LogP contribution >= 0.6 is 0 Å². The Kier molecular flexibility index (Phi) is 2.82. The van der Waals surface area contributed by atoms with Crippen molar-refractivity contribution in [3.05, 3.63) is 4.91 Å². The van der Waals surface area contributed by atoms with Gasteiger partial charge in [0.05, 0.1) is 6.54 Å². The molecule has 0 bridgehead atoms. The molecule has 9 heavy (non-hydrogen) atoms. The maximum atomic E-state index is 9.87. The normalized spacial score (nSPS) is 12.1. The molecule has 0 rings (SSSR count). The van der Waals surface area contributed by atoms with Crippen molar-refractivity contribution in [2.45, 2.75) is 27.7 Å². The van der Waals surface area contributed by atoms with Crippen molar-refractivity contribution in [1.29, 1.82) is 0 Å². The Balaban J connectivity index is 3.84. The number of nitrogens with zero attached hydrogens (tertiary/aromatic N) is 1. The molecule has 0 saturated heterocycles. The van der Waals surface area contributed by atoms with Crippen LogP contribution in [0.15, 0.2) is 5.18 Å². The minimum Gasteiger partial charge on any atom is -0.151 e. The first kappa shape index (κ1) is 8.60. The number of rotatable bonds is 3. The van der Waals surface area contributed by atoms with E-state index in [4.69, 9.17) is 0 Å². The van der Waals surface area contributed by atoms with Gasteiger partial charge in [-0.3, -0.25) is 0 Å². The molecular formula is C7H15NO. The highest BCUT2D eigenvalue weighted by atomic mass is 16.3. The maximum absolute atomic E-state index is 9.87. The Bertz CT molecular complexity index is 97.1. The molecule has 0 aromatic carbocycles. The quantitative estimate of drug-likeness (QED) is 0.538. The highest BCUT2D eigenvalue weighted by Crippen LogP contribution is 2.25. The Morgan fingerprint density at radius 3 is 2.00 bits per heavy atom. The minimum absolute atomic E-state index is 0.0712. The molecule has 0 amide bonds. The molecule has 0 heterocycles. The molecule has 0 radical (unpaired) electrons. The van der Waals surface area contributed by atoms with Crippen molar-refractivity contribution in [2.24, 2.45) is 16.5 Å². The monoisotopic (exact) mass is 129 g/mol. The zero-order valence-electron chi connectivity index (χ0n) is 6.64. The topological polar surface area (TPSA) is 29.4 Å². The molecule has 0 aliphatic rings. The Hall–Kier alpha value is -0.400. The third-order valence-electron chi connectivity index (χ3n) is 2.04. The van der Waals surface area contributed by atoms with Crippen molar-refractivity contribution in [1.82, 2.24) is 0 Å². The molecule has 0 N–H and O–H groups in total. The Labute approximate surface area is 56.6 Å². The lowest BCUT2D eigenvalue weighted by Gasteiger charge is -2.25. The average molecular weight is 129 g/mol. The molecule has 0 aliphatic carbocycles. The van der Waals surface area contributed by atoms with E-state index in [1.807, 2.05) is 0 Å². The lowest BCUT2D eigenvalue weighted by molar-refractivity contribution is 0.261. The molecule has 0 atom stereocenters. The van der Waals surface area contributed by atoms with Crippen LogP contribution < -0.4 is 0 Å². The molecule has 2 nitrogen and oxygen atoms in total. The summed E-state index contributed by atoms with van der Waals surface area (Å²) in [5.41, 5.74) is 0.0712. The summed E-state index contributed by atoms with van der Waals surface area (Å²) in [7, 11) is 0. The fourth-order valence-corrected chi connectivity index (χ4v) is 0.349. The first-order chi connectivity index (χ1) is 4.00. The number of hydrogen-bond donors (Lipinski definition) is 0. The van der Waals surface area contributed by atoms with Gasteiger partial charge in [-0.2, -0.15) is 4.91 Å². The van der Waals surface area contributed by atoms with E-state index in [0.717, 1.165) is 0 Å². The van der Waals surface area contributed by atoms with Crippen molar-refractivity contribution < 1.29 is 0 Å². The maximum Gasteiger partial charge on any atom is 0.0864 e. The standard InChI is InChI=1S/C7H15NO/c1-6(2)7(3,4)5-8-9/h6H,5H2,1-4H3. The van der Waals surface area contributed by atoms with E-state index < -0.39 is 0 Å². The second kappa shape index (κ2) is 2.95. The highest BCUT2D eigenvalue weighted by molar-refractivity contribution is 4.73. The van der Waals surface area contributed by atoms with Crippen LogP contribution in [-0.4, -0.2) is 6.54 Å². The van der Waals surface area contributed by atoms with E-state index in [0.29, 0.717) is 12.5 Å². The van der Waals surface area contributed by atoms with E-state index in [9.17, 15) is 4.91 Å². The van der Waals surface area contributed by atoms with E-state index in [1.54, 1.807) is 0 Å². The number of hydrogen-bond acceptors (Lipinski definition) is 2. The largest absolute Gasteiger partial charge is 0.151 e. The van der Waals surface area contributed by atoms with Crippen LogP contribution in [0.5, 0.6) is 0 Å². The van der Waals surface area contributed by atoms with Gasteiger partial charge < -0.3 is 0 Å². The van der Waals surface area contributed by atoms with Crippen LogP contribution in [-0.2, 0) is 0 Å². The van der Waals surface area contributed by atoms with Gasteiger partial charge in [0.15, 0.2) is 0 Å². The van der Waals surface area contributed by atoms with Gasteiger partial charge >= 0.3 is 0 Å². The fraction of sp³-hybridized carbons (Fsp3) is 1.00. The summed E-state index contributed by atoms with van der Waals surface area (Å²) in [6, 6.07) is 0. The minimum atomic E-state index is 0.0712. The predicted molar refractivity (Wildman–Crippen MR) is 39.3 cm³/mol. The summed E-state index contributed by atoms with van der Waals surface area (Å²) < 4.78 is 0. The van der Waals surface area contributed by atoms with Crippen LogP contribution in [0.25, 0.3) is 0 Å². The molecule has 0 aromatic rings.